The highest BCUT2D eigenvalue weighted by Gasteiger charge is 2.25. The van der Waals surface area contributed by atoms with E-state index >= 15 is 0 Å². The molecule has 11 heavy (non-hydrogen) atoms. The minimum Gasteiger partial charge on any atom is -0.481 e. The quantitative estimate of drug-likeness (QED) is 0.686. The number of carboxylic acid groups (broad SMARTS) is 1. The lowest BCUT2D eigenvalue weighted by molar-refractivity contribution is -0.135. The molecule has 0 aromatic heterocycles. The molecule has 0 aliphatic carbocycles. The van der Waals surface area contributed by atoms with Crippen LogP contribution in [0.5, 0.6) is 0 Å². The summed E-state index contributed by atoms with van der Waals surface area (Å²) in [5.74, 6) is -0.0266. The van der Waals surface area contributed by atoms with E-state index in [0.29, 0.717) is 0 Å². The van der Waals surface area contributed by atoms with Gasteiger partial charge in [0.1, 0.15) is 4.87 Å². The smallest absolute Gasteiger partial charge is 0.309 e. The monoisotopic (exact) mass is 173 g/mol. The zero-order valence-electron chi connectivity index (χ0n) is 6.63. The zero-order valence-corrected chi connectivity index (χ0v) is 7.44. The van der Waals surface area contributed by atoms with E-state index < -0.39 is 5.97 Å². The molecule has 4 heteroatoms. The number of nitrogens with zero attached hydrogens (tertiary/aromatic N) is 1. The lowest BCUT2D eigenvalue weighted by Gasteiger charge is -2.09. The second-order valence-electron chi connectivity index (χ2n) is 2.98. The third kappa shape index (κ3) is 2.54. The number of aliphatic imine (C=N–C) groups is 1. The predicted molar refractivity (Wildman–Crippen MR) is 46.2 cm³/mol. The lowest BCUT2D eigenvalue weighted by atomic mass is 10.3. The van der Waals surface area contributed by atoms with E-state index in [1.165, 1.54) is 0 Å². The maximum atomic E-state index is 10.3. The highest BCUT2D eigenvalue weighted by molar-refractivity contribution is 8.01. The van der Waals surface area contributed by atoms with Crippen LogP contribution in [0.2, 0.25) is 0 Å². The number of rotatable bonds is 2. The Labute approximate surface area is 69.9 Å². The van der Waals surface area contributed by atoms with E-state index in [0.717, 1.165) is 11.5 Å². The third-order valence-electron chi connectivity index (χ3n) is 1.37. The van der Waals surface area contributed by atoms with Crippen LogP contribution in [0.25, 0.3) is 0 Å². The molecular formula is C7H11NO2S. The van der Waals surface area contributed by atoms with Gasteiger partial charge in [0.25, 0.3) is 0 Å². The fraction of sp³-hybridized carbons (Fsp3) is 0.714. The third-order valence-corrected chi connectivity index (χ3v) is 2.65. The van der Waals surface area contributed by atoms with Crippen molar-refractivity contribution in [2.75, 3.05) is 5.75 Å². The van der Waals surface area contributed by atoms with Crippen LogP contribution in [0.3, 0.4) is 0 Å². The average Bonchev–Trinajstić information content (AvgIpc) is 2.08. The minimum atomic E-state index is -0.790. The van der Waals surface area contributed by atoms with Crippen LogP contribution in [-0.2, 0) is 4.79 Å². The van der Waals surface area contributed by atoms with Gasteiger partial charge in [-0.3, -0.25) is 9.79 Å². The van der Waals surface area contributed by atoms with Crippen molar-refractivity contribution in [3.63, 3.8) is 0 Å². The molecule has 0 fully saturated rings. The Kier molecular flexibility index (Phi) is 2.23. The number of aliphatic carboxylic acids is 1. The second-order valence-corrected chi connectivity index (χ2v) is 4.56. The number of hydrogen-bond acceptors (Lipinski definition) is 3. The first-order valence-corrected chi connectivity index (χ1v) is 4.41. The van der Waals surface area contributed by atoms with Crippen LogP contribution >= 0.6 is 11.8 Å². The van der Waals surface area contributed by atoms with Crippen LogP contribution in [0, 0.1) is 0 Å². The summed E-state index contributed by atoms with van der Waals surface area (Å²) in [4.78, 5) is 14.4. The topological polar surface area (TPSA) is 49.7 Å². The van der Waals surface area contributed by atoms with Gasteiger partial charge in [-0.1, -0.05) is 0 Å². The van der Waals surface area contributed by atoms with Crippen molar-refractivity contribution in [2.45, 2.75) is 25.1 Å². The van der Waals surface area contributed by atoms with Crippen molar-refractivity contribution in [1.82, 2.24) is 0 Å². The van der Waals surface area contributed by atoms with Crippen molar-refractivity contribution in [3.05, 3.63) is 0 Å². The average molecular weight is 173 g/mol. The fourth-order valence-electron chi connectivity index (χ4n) is 0.970. The van der Waals surface area contributed by atoms with Crippen molar-refractivity contribution < 1.29 is 9.90 Å². The molecule has 0 aromatic carbocycles. The summed E-state index contributed by atoms with van der Waals surface area (Å²) >= 11 is 1.68. The summed E-state index contributed by atoms with van der Waals surface area (Å²) < 4.78 is 0. The maximum Gasteiger partial charge on any atom is 0.309 e. The summed E-state index contributed by atoms with van der Waals surface area (Å²) in [5.41, 5.74) is 0.799. The first kappa shape index (κ1) is 8.59. The van der Waals surface area contributed by atoms with Crippen LogP contribution in [0.15, 0.2) is 4.99 Å². The molecule has 0 atom stereocenters. The van der Waals surface area contributed by atoms with Gasteiger partial charge >= 0.3 is 5.97 Å². The molecule has 0 saturated heterocycles. The number of hydrogen-bond donors (Lipinski definition) is 1. The SMILES string of the molecule is CC1(C)N=C(CC(=O)O)CS1. The van der Waals surface area contributed by atoms with Gasteiger partial charge in [-0.2, -0.15) is 0 Å². The Morgan fingerprint density at radius 1 is 1.82 bits per heavy atom. The van der Waals surface area contributed by atoms with E-state index in [9.17, 15) is 4.79 Å². The maximum absolute atomic E-state index is 10.3. The van der Waals surface area contributed by atoms with Crippen molar-refractivity contribution in [3.8, 4) is 0 Å². The molecule has 62 valence electrons. The van der Waals surface area contributed by atoms with Gasteiger partial charge in [0.2, 0.25) is 0 Å². The van der Waals surface area contributed by atoms with Gasteiger partial charge in [-0.05, 0) is 13.8 Å². The largest absolute Gasteiger partial charge is 0.481 e. The molecule has 1 heterocycles. The van der Waals surface area contributed by atoms with E-state index in [1.807, 2.05) is 13.8 Å². The van der Waals surface area contributed by atoms with Gasteiger partial charge in [0.15, 0.2) is 0 Å². The molecule has 1 aliphatic heterocycles. The molecule has 0 radical (unpaired) electrons. The first-order chi connectivity index (χ1) is 4.99. The van der Waals surface area contributed by atoms with E-state index in [4.69, 9.17) is 5.11 Å². The number of thioether (sulfide) groups is 1. The Bertz CT molecular complexity index is 210. The molecule has 0 aromatic rings. The van der Waals surface area contributed by atoms with E-state index in [-0.39, 0.29) is 11.3 Å². The standard InChI is InChI=1S/C7H11NO2S/c1-7(2)8-5(4-11-7)3-6(9)10/h3-4H2,1-2H3,(H,9,10). The second kappa shape index (κ2) is 2.85. The highest BCUT2D eigenvalue weighted by Crippen LogP contribution is 2.32. The van der Waals surface area contributed by atoms with Gasteiger partial charge < -0.3 is 5.11 Å². The summed E-state index contributed by atoms with van der Waals surface area (Å²) in [7, 11) is 0. The molecule has 1 rings (SSSR count). The predicted octanol–water partition coefficient (Wildman–Crippen LogP) is 1.39. The fourth-order valence-corrected chi connectivity index (χ4v) is 1.85. The van der Waals surface area contributed by atoms with Crippen molar-refractivity contribution in [1.29, 1.82) is 0 Å². The molecule has 0 bridgehead atoms. The molecule has 0 unspecified atom stereocenters. The molecule has 1 aliphatic rings. The molecule has 0 amide bonds. The Morgan fingerprint density at radius 3 is 2.82 bits per heavy atom. The lowest BCUT2D eigenvalue weighted by Crippen LogP contribution is -2.07. The molecule has 0 saturated carbocycles. The molecule has 0 spiro atoms. The van der Waals surface area contributed by atoms with Crippen LogP contribution < -0.4 is 0 Å². The summed E-state index contributed by atoms with van der Waals surface area (Å²) in [6.07, 6.45) is 0.0937. The first-order valence-electron chi connectivity index (χ1n) is 3.43. The van der Waals surface area contributed by atoms with Crippen molar-refractivity contribution in [2.24, 2.45) is 4.99 Å². The molecular weight excluding hydrogens is 162 g/mol. The molecule has 3 nitrogen and oxygen atoms in total. The Morgan fingerprint density at radius 2 is 2.45 bits per heavy atom. The van der Waals surface area contributed by atoms with Gasteiger partial charge in [-0.25, -0.2) is 0 Å². The summed E-state index contributed by atoms with van der Waals surface area (Å²) in [6.45, 7) is 3.99. The van der Waals surface area contributed by atoms with Crippen LogP contribution in [0.1, 0.15) is 20.3 Å². The van der Waals surface area contributed by atoms with E-state index in [1.54, 1.807) is 11.8 Å². The van der Waals surface area contributed by atoms with Gasteiger partial charge in [-0.15, -0.1) is 11.8 Å². The number of carbonyl (C=O) groups is 1. The Balaban J connectivity index is 2.56. The number of carboxylic acids is 1. The minimum absolute atomic E-state index is 0.0937. The van der Waals surface area contributed by atoms with E-state index in [2.05, 4.69) is 4.99 Å². The Hall–Kier alpha value is -0.510. The van der Waals surface area contributed by atoms with Crippen LogP contribution in [0.4, 0.5) is 0 Å². The highest BCUT2D eigenvalue weighted by atomic mass is 32.2. The van der Waals surface area contributed by atoms with Crippen LogP contribution in [-0.4, -0.2) is 27.4 Å². The van der Waals surface area contributed by atoms with Gasteiger partial charge in [0, 0.05) is 11.5 Å². The summed E-state index contributed by atoms with van der Waals surface area (Å²) in [6, 6.07) is 0. The zero-order chi connectivity index (χ0) is 8.48. The summed E-state index contributed by atoms with van der Waals surface area (Å²) in [5, 5.41) is 8.45. The van der Waals surface area contributed by atoms with Crippen molar-refractivity contribution >= 4 is 23.4 Å². The van der Waals surface area contributed by atoms with Gasteiger partial charge in [0.05, 0.1) is 6.42 Å². The normalized spacial score (nSPS) is 21.5. The molecule has 1 N–H and O–H groups in total.